The van der Waals surface area contributed by atoms with Crippen LogP contribution in [0.3, 0.4) is 0 Å². The molecule has 9 heteroatoms. The summed E-state index contributed by atoms with van der Waals surface area (Å²) >= 11 is 1.28. The molecule has 0 spiro atoms. The van der Waals surface area contributed by atoms with E-state index >= 15 is 0 Å². The zero-order valence-electron chi connectivity index (χ0n) is 22.6. The molecule has 1 aromatic heterocycles. The van der Waals surface area contributed by atoms with Gasteiger partial charge in [0.2, 0.25) is 0 Å². The normalized spacial score (nSPS) is 18.4. The summed E-state index contributed by atoms with van der Waals surface area (Å²) in [5, 5.41) is 11.9. The van der Waals surface area contributed by atoms with Crippen molar-refractivity contribution in [2.24, 2.45) is 0 Å². The minimum Gasteiger partial charge on any atom is -0.507 e. The number of ether oxygens (including phenoxy) is 3. The molecule has 6 rings (SSSR count). The van der Waals surface area contributed by atoms with E-state index in [2.05, 4.69) is 25.8 Å². The van der Waals surface area contributed by atoms with Gasteiger partial charge in [-0.25, -0.2) is 4.98 Å². The Bertz CT molecular complexity index is 1680. The van der Waals surface area contributed by atoms with Gasteiger partial charge >= 0.3 is 5.91 Å². The molecular weight excluding hydrogens is 528 g/mol. The molecule has 0 bridgehead atoms. The highest BCUT2D eigenvalue weighted by molar-refractivity contribution is 7.22. The molecule has 0 radical (unpaired) electrons. The Kier molecular flexibility index (Phi) is 6.26. The second kappa shape index (κ2) is 9.67. The fraction of sp³-hybridized carbons (Fsp3) is 0.258. The number of methoxy groups -OCH3 is 1. The van der Waals surface area contributed by atoms with Crippen LogP contribution in [-0.2, 0) is 15.0 Å². The van der Waals surface area contributed by atoms with Crippen LogP contribution >= 0.6 is 11.3 Å². The van der Waals surface area contributed by atoms with Gasteiger partial charge in [-0.1, -0.05) is 56.4 Å². The highest BCUT2D eigenvalue weighted by Crippen LogP contribution is 2.45. The number of carbonyl (C=O) groups excluding carboxylic acids is 2. The highest BCUT2D eigenvalue weighted by atomic mass is 32.1. The standard InChI is InChI=1S/C31H28N2O6S/c1-31(2,3)19-8-5-17(6-9-19)26-25(27(34)18-7-12-22-23(15-18)39-14-13-38-22)28(35)29(36)33(26)30-32-21-11-10-20(37-4)16-24(21)40-30/h5-12,15-16,26,34H,13-14H2,1-4H3/t26-/m0/s1. The summed E-state index contributed by atoms with van der Waals surface area (Å²) in [7, 11) is 1.58. The van der Waals surface area contributed by atoms with Crippen LogP contribution in [-0.4, -0.2) is 42.1 Å². The van der Waals surface area contributed by atoms with Crippen molar-refractivity contribution >= 4 is 44.1 Å². The van der Waals surface area contributed by atoms with Gasteiger partial charge in [-0.15, -0.1) is 0 Å². The van der Waals surface area contributed by atoms with Gasteiger partial charge in [0.05, 0.1) is 28.9 Å². The number of nitrogens with zero attached hydrogens (tertiary/aromatic N) is 2. The lowest BCUT2D eigenvalue weighted by Crippen LogP contribution is -2.29. The molecule has 3 heterocycles. The minimum atomic E-state index is -0.885. The van der Waals surface area contributed by atoms with Crippen molar-refractivity contribution in [3.05, 3.63) is 82.9 Å². The monoisotopic (exact) mass is 556 g/mol. The number of hydrogen-bond donors (Lipinski definition) is 1. The Balaban J connectivity index is 1.52. The Labute approximate surface area is 235 Å². The van der Waals surface area contributed by atoms with Gasteiger partial charge in [-0.05, 0) is 52.9 Å². The molecule has 8 nitrogen and oxygen atoms in total. The van der Waals surface area contributed by atoms with Crippen molar-refractivity contribution in [2.75, 3.05) is 25.2 Å². The second-order valence-corrected chi connectivity index (χ2v) is 11.7. The fourth-order valence-corrected chi connectivity index (χ4v) is 6.00. The zero-order chi connectivity index (χ0) is 28.2. The summed E-state index contributed by atoms with van der Waals surface area (Å²) in [5.41, 5.74) is 2.72. The Morgan fingerprint density at radius 3 is 2.42 bits per heavy atom. The van der Waals surface area contributed by atoms with E-state index in [4.69, 9.17) is 14.2 Å². The van der Waals surface area contributed by atoms with Crippen LogP contribution in [0.5, 0.6) is 17.2 Å². The van der Waals surface area contributed by atoms with Gasteiger partial charge in [0, 0.05) is 5.56 Å². The number of aliphatic hydroxyl groups excluding tert-OH is 1. The lowest BCUT2D eigenvalue weighted by Gasteiger charge is -2.25. The molecule has 1 atom stereocenters. The van der Waals surface area contributed by atoms with Gasteiger partial charge in [-0.3, -0.25) is 14.5 Å². The number of anilines is 1. The number of hydrogen-bond acceptors (Lipinski definition) is 8. The van der Waals surface area contributed by atoms with E-state index in [-0.39, 0.29) is 16.7 Å². The van der Waals surface area contributed by atoms with Crippen LogP contribution in [0.25, 0.3) is 16.0 Å². The molecule has 4 aromatic rings. The summed E-state index contributed by atoms with van der Waals surface area (Å²) < 4.78 is 17.4. The van der Waals surface area contributed by atoms with E-state index in [1.807, 2.05) is 36.4 Å². The first-order valence-corrected chi connectivity index (χ1v) is 13.7. The van der Waals surface area contributed by atoms with Crippen LogP contribution in [0.15, 0.2) is 66.2 Å². The molecule has 0 aliphatic carbocycles. The summed E-state index contributed by atoms with van der Waals surface area (Å²) in [6.07, 6.45) is 0. The smallest absolute Gasteiger partial charge is 0.301 e. The molecular formula is C31H28N2O6S. The van der Waals surface area contributed by atoms with Crippen LogP contribution in [0.1, 0.15) is 43.5 Å². The van der Waals surface area contributed by atoms with Gasteiger partial charge in [0.15, 0.2) is 16.6 Å². The second-order valence-electron chi connectivity index (χ2n) is 10.7. The molecule has 204 valence electrons. The lowest BCUT2D eigenvalue weighted by molar-refractivity contribution is -0.132. The zero-order valence-corrected chi connectivity index (χ0v) is 23.4. The number of aromatic nitrogens is 1. The molecule has 1 saturated heterocycles. The summed E-state index contributed by atoms with van der Waals surface area (Å²) in [4.78, 5) is 33.3. The number of aliphatic hydroxyl groups is 1. The summed E-state index contributed by atoms with van der Waals surface area (Å²) in [5.74, 6) is -0.134. The molecule has 2 aliphatic heterocycles. The van der Waals surface area contributed by atoms with Crippen molar-refractivity contribution in [2.45, 2.75) is 32.2 Å². The molecule has 40 heavy (non-hydrogen) atoms. The maximum absolute atomic E-state index is 13.6. The minimum absolute atomic E-state index is 0.0120. The van der Waals surface area contributed by atoms with E-state index in [1.54, 1.807) is 31.4 Å². The fourth-order valence-electron chi connectivity index (χ4n) is 4.98. The Morgan fingerprint density at radius 2 is 1.73 bits per heavy atom. The SMILES string of the molecule is COc1ccc2nc(N3C(=O)C(=O)C(=C(O)c4ccc5c(c4)OCCO5)[C@@H]3c3ccc(C(C)(C)C)cc3)sc2c1. The number of amides is 1. The molecule has 1 amide bonds. The molecule has 0 unspecified atom stereocenters. The van der Waals surface area contributed by atoms with E-state index in [9.17, 15) is 14.7 Å². The molecule has 3 aromatic carbocycles. The number of thiazole rings is 1. The van der Waals surface area contributed by atoms with Gasteiger partial charge < -0.3 is 19.3 Å². The Morgan fingerprint density at radius 1 is 1.00 bits per heavy atom. The van der Waals surface area contributed by atoms with Gasteiger partial charge in [0.1, 0.15) is 24.7 Å². The molecule has 0 saturated carbocycles. The molecule has 1 N–H and O–H groups in total. The van der Waals surface area contributed by atoms with E-state index in [0.29, 0.717) is 52.2 Å². The first-order chi connectivity index (χ1) is 19.2. The van der Waals surface area contributed by atoms with Crippen molar-refractivity contribution < 1.29 is 28.9 Å². The number of ketones is 1. The quantitative estimate of drug-likeness (QED) is 0.187. The topological polar surface area (TPSA) is 98.2 Å². The van der Waals surface area contributed by atoms with Gasteiger partial charge in [-0.2, -0.15) is 0 Å². The maximum Gasteiger partial charge on any atom is 0.301 e. The number of Topliss-reactive ketones (excluding diaryl/α,β-unsaturated/α-hetero) is 1. The first-order valence-electron chi connectivity index (χ1n) is 12.9. The van der Waals surface area contributed by atoms with Crippen LogP contribution in [0.2, 0.25) is 0 Å². The van der Waals surface area contributed by atoms with Crippen molar-refractivity contribution in [1.82, 2.24) is 4.98 Å². The van der Waals surface area contributed by atoms with Crippen molar-refractivity contribution in [1.29, 1.82) is 0 Å². The average molecular weight is 557 g/mol. The Hall–Kier alpha value is -4.37. The van der Waals surface area contributed by atoms with E-state index in [1.165, 1.54) is 16.2 Å². The predicted octanol–water partition coefficient (Wildman–Crippen LogP) is 6.00. The summed E-state index contributed by atoms with van der Waals surface area (Å²) in [6.45, 7) is 7.16. The van der Waals surface area contributed by atoms with Gasteiger partial charge in [0.25, 0.3) is 5.78 Å². The van der Waals surface area contributed by atoms with E-state index in [0.717, 1.165) is 10.3 Å². The van der Waals surface area contributed by atoms with E-state index < -0.39 is 17.7 Å². The highest BCUT2D eigenvalue weighted by Gasteiger charge is 2.48. The molecule has 2 aliphatic rings. The maximum atomic E-state index is 13.6. The number of fused-ring (bicyclic) bond motifs is 2. The summed E-state index contributed by atoms with van der Waals surface area (Å²) in [6, 6.07) is 17.3. The number of rotatable bonds is 4. The number of carbonyl (C=O) groups is 2. The average Bonchev–Trinajstić information content (AvgIpc) is 3.49. The predicted molar refractivity (Wildman–Crippen MR) is 154 cm³/mol. The first kappa shape index (κ1) is 25.9. The van der Waals surface area contributed by atoms with Crippen molar-refractivity contribution in [3.63, 3.8) is 0 Å². The largest absolute Gasteiger partial charge is 0.507 e. The lowest BCUT2D eigenvalue weighted by atomic mass is 9.85. The van der Waals surface area contributed by atoms with Crippen LogP contribution < -0.4 is 19.1 Å². The van der Waals surface area contributed by atoms with Crippen LogP contribution in [0.4, 0.5) is 5.13 Å². The van der Waals surface area contributed by atoms with Crippen LogP contribution in [0, 0.1) is 0 Å². The third-order valence-corrected chi connectivity index (χ3v) is 8.16. The molecule has 1 fully saturated rings. The number of benzene rings is 3. The van der Waals surface area contributed by atoms with Crippen molar-refractivity contribution in [3.8, 4) is 17.2 Å². The third-order valence-electron chi connectivity index (χ3n) is 7.14. The third kappa shape index (κ3) is 4.36.